The Labute approximate surface area is 206 Å². The molecule has 1 amide bonds. The molecule has 6 heteroatoms. The zero-order chi connectivity index (χ0) is 24.7. The quantitative estimate of drug-likeness (QED) is 0.397. The molecule has 1 fully saturated rings. The summed E-state index contributed by atoms with van der Waals surface area (Å²) in [6.07, 6.45) is 1.91. The van der Waals surface area contributed by atoms with E-state index in [0.29, 0.717) is 44.8 Å². The standard InChI is InChI=1S/C29H32F2N2O2/c1-32(20-23-8-4-2-5-9-23)28(34)19-29(22-35-26-10-6-3-7-11-26)14-16-33(17-15-29)21-24-12-13-25(30)18-27(24)31/h2-13,18H,14-17,19-22H2,1H3. The number of halogens is 2. The van der Waals surface area contributed by atoms with Crippen molar-refractivity contribution in [3.63, 3.8) is 0 Å². The Morgan fingerprint density at radius 3 is 2.29 bits per heavy atom. The predicted molar refractivity (Wildman–Crippen MR) is 133 cm³/mol. The van der Waals surface area contributed by atoms with E-state index in [-0.39, 0.29) is 11.3 Å². The summed E-state index contributed by atoms with van der Waals surface area (Å²) in [5.41, 5.74) is 1.27. The summed E-state index contributed by atoms with van der Waals surface area (Å²) in [6, 6.07) is 23.3. The summed E-state index contributed by atoms with van der Waals surface area (Å²) in [6.45, 7) is 2.85. The minimum absolute atomic E-state index is 0.0866. The average molecular weight is 479 g/mol. The molecular weight excluding hydrogens is 446 g/mol. The second kappa shape index (κ2) is 11.5. The molecule has 0 bridgehead atoms. The summed E-state index contributed by atoms with van der Waals surface area (Å²) < 4.78 is 33.6. The second-order valence-corrected chi connectivity index (χ2v) is 9.53. The lowest BCUT2D eigenvalue weighted by Gasteiger charge is -2.42. The first-order valence-electron chi connectivity index (χ1n) is 12.0. The highest BCUT2D eigenvalue weighted by Gasteiger charge is 2.38. The van der Waals surface area contributed by atoms with Crippen LogP contribution >= 0.6 is 0 Å². The lowest BCUT2D eigenvalue weighted by Crippen LogP contribution is -2.45. The summed E-state index contributed by atoms with van der Waals surface area (Å²) >= 11 is 0. The van der Waals surface area contributed by atoms with Gasteiger partial charge in [-0.2, -0.15) is 0 Å². The fourth-order valence-electron chi connectivity index (χ4n) is 4.60. The molecule has 1 heterocycles. The van der Waals surface area contributed by atoms with Crippen molar-refractivity contribution in [1.82, 2.24) is 9.80 Å². The first-order valence-corrected chi connectivity index (χ1v) is 12.0. The molecule has 0 saturated carbocycles. The van der Waals surface area contributed by atoms with E-state index in [0.717, 1.165) is 30.2 Å². The highest BCUT2D eigenvalue weighted by molar-refractivity contribution is 5.76. The number of nitrogens with zero attached hydrogens (tertiary/aromatic N) is 2. The van der Waals surface area contributed by atoms with Gasteiger partial charge >= 0.3 is 0 Å². The van der Waals surface area contributed by atoms with Crippen LogP contribution in [0.4, 0.5) is 8.78 Å². The van der Waals surface area contributed by atoms with Gasteiger partial charge in [-0.05, 0) is 49.7 Å². The van der Waals surface area contributed by atoms with Crippen LogP contribution in [0.1, 0.15) is 30.4 Å². The van der Waals surface area contributed by atoms with E-state index < -0.39 is 11.6 Å². The van der Waals surface area contributed by atoms with Gasteiger partial charge in [0.25, 0.3) is 0 Å². The minimum atomic E-state index is -0.569. The molecule has 1 aliphatic rings. The number of amides is 1. The maximum atomic E-state index is 14.2. The van der Waals surface area contributed by atoms with E-state index in [1.807, 2.05) is 67.7 Å². The summed E-state index contributed by atoms with van der Waals surface area (Å²) in [7, 11) is 1.84. The van der Waals surface area contributed by atoms with Crippen molar-refractivity contribution in [2.75, 3.05) is 26.7 Å². The van der Waals surface area contributed by atoms with E-state index in [9.17, 15) is 13.6 Å². The Balaban J connectivity index is 1.42. The van der Waals surface area contributed by atoms with Crippen LogP contribution in [0.5, 0.6) is 5.75 Å². The van der Waals surface area contributed by atoms with Crippen LogP contribution in [-0.2, 0) is 17.9 Å². The number of rotatable bonds is 9. The monoisotopic (exact) mass is 478 g/mol. The molecule has 1 saturated heterocycles. The molecule has 0 aromatic heterocycles. The largest absolute Gasteiger partial charge is 0.493 e. The van der Waals surface area contributed by atoms with Crippen LogP contribution in [0.25, 0.3) is 0 Å². The summed E-state index contributed by atoms with van der Waals surface area (Å²) in [5, 5.41) is 0. The van der Waals surface area contributed by atoms with Crippen LogP contribution in [0.2, 0.25) is 0 Å². The van der Waals surface area contributed by atoms with Crippen molar-refractivity contribution < 1.29 is 18.3 Å². The first kappa shape index (κ1) is 24.9. The van der Waals surface area contributed by atoms with Crippen molar-refractivity contribution in [1.29, 1.82) is 0 Å². The van der Waals surface area contributed by atoms with Gasteiger partial charge in [0.15, 0.2) is 0 Å². The number of carbonyl (C=O) groups excluding carboxylic acids is 1. The van der Waals surface area contributed by atoms with Crippen molar-refractivity contribution in [2.45, 2.75) is 32.4 Å². The molecule has 0 atom stereocenters. The van der Waals surface area contributed by atoms with Crippen molar-refractivity contribution in [3.8, 4) is 5.75 Å². The molecule has 3 aromatic carbocycles. The topological polar surface area (TPSA) is 32.8 Å². The second-order valence-electron chi connectivity index (χ2n) is 9.53. The molecule has 3 aromatic rings. The Kier molecular flexibility index (Phi) is 8.13. The van der Waals surface area contributed by atoms with E-state index in [4.69, 9.17) is 4.74 Å². The summed E-state index contributed by atoms with van der Waals surface area (Å²) in [4.78, 5) is 17.2. The van der Waals surface area contributed by atoms with E-state index in [1.54, 1.807) is 4.90 Å². The number of hydrogen-bond acceptors (Lipinski definition) is 3. The highest BCUT2D eigenvalue weighted by Crippen LogP contribution is 2.37. The number of ether oxygens (including phenoxy) is 1. The zero-order valence-electron chi connectivity index (χ0n) is 20.1. The third kappa shape index (κ3) is 6.89. The van der Waals surface area contributed by atoms with Crippen LogP contribution in [0.15, 0.2) is 78.9 Å². The SMILES string of the molecule is CN(Cc1ccccc1)C(=O)CC1(COc2ccccc2)CCN(Cc2ccc(F)cc2F)CC1. The smallest absolute Gasteiger partial charge is 0.223 e. The highest BCUT2D eigenvalue weighted by atomic mass is 19.1. The van der Waals surface area contributed by atoms with Gasteiger partial charge in [0, 0.05) is 43.6 Å². The van der Waals surface area contributed by atoms with E-state index in [1.165, 1.54) is 12.1 Å². The number of hydrogen-bond donors (Lipinski definition) is 0. The van der Waals surface area contributed by atoms with Crippen LogP contribution in [0.3, 0.4) is 0 Å². The number of piperidine rings is 1. The molecule has 4 rings (SSSR count). The molecule has 0 spiro atoms. The first-order chi connectivity index (χ1) is 16.9. The predicted octanol–water partition coefficient (Wildman–Crippen LogP) is 5.67. The van der Waals surface area contributed by atoms with E-state index in [2.05, 4.69) is 4.90 Å². The summed E-state index contributed by atoms with van der Waals surface area (Å²) in [5.74, 6) is -0.219. The van der Waals surface area contributed by atoms with Gasteiger partial charge in [-0.15, -0.1) is 0 Å². The van der Waals surface area contributed by atoms with Gasteiger partial charge in [0.1, 0.15) is 17.4 Å². The van der Waals surface area contributed by atoms with Crippen LogP contribution in [0, 0.1) is 17.0 Å². The molecule has 0 aliphatic carbocycles. The van der Waals surface area contributed by atoms with E-state index >= 15 is 0 Å². The molecule has 184 valence electrons. The Morgan fingerprint density at radius 1 is 0.971 bits per heavy atom. The third-order valence-electron chi connectivity index (χ3n) is 6.83. The minimum Gasteiger partial charge on any atom is -0.493 e. The Bertz CT molecular complexity index is 1100. The number of benzene rings is 3. The van der Waals surface area contributed by atoms with Gasteiger partial charge < -0.3 is 9.64 Å². The van der Waals surface area contributed by atoms with Gasteiger partial charge in [-0.3, -0.25) is 9.69 Å². The van der Waals surface area contributed by atoms with Gasteiger partial charge in [-0.25, -0.2) is 8.78 Å². The van der Waals surface area contributed by atoms with Gasteiger partial charge in [0.05, 0.1) is 6.61 Å². The fourth-order valence-corrected chi connectivity index (χ4v) is 4.60. The van der Waals surface area contributed by atoms with Gasteiger partial charge in [0.2, 0.25) is 5.91 Å². The number of carbonyl (C=O) groups is 1. The molecule has 1 aliphatic heterocycles. The fraction of sp³-hybridized carbons (Fsp3) is 0.345. The lowest BCUT2D eigenvalue weighted by molar-refractivity contribution is -0.134. The maximum absolute atomic E-state index is 14.2. The molecule has 35 heavy (non-hydrogen) atoms. The van der Waals surface area contributed by atoms with Crippen molar-refractivity contribution >= 4 is 5.91 Å². The lowest BCUT2D eigenvalue weighted by atomic mass is 9.75. The zero-order valence-corrected chi connectivity index (χ0v) is 20.1. The normalized spacial score (nSPS) is 15.5. The Morgan fingerprint density at radius 2 is 1.63 bits per heavy atom. The average Bonchev–Trinajstić information content (AvgIpc) is 2.87. The molecular formula is C29H32F2N2O2. The molecule has 0 unspecified atom stereocenters. The molecule has 0 N–H and O–H groups in total. The molecule has 0 radical (unpaired) electrons. The Hall–Kier alpha value is -3.25. The number of likely N-dealkylation sites (tertiary alicyclic amines) is 1. The maximum Gasteiger partial charge on any atom is 0.223 e. The number of para-hydroxylation sites is 1. The van der Waals surface area contributed by atoms with Crippen LogP contribution < -0.4 is 4.74 Å². The van der Waals surface area contributed by atoms with Crippen molar-refractivity contribution in [3.05, 3.63) is 102 Å². The van der Waals surface area contributed by atoms with Gasteiger partial charge in [-0.1, -0.05) is 54.6 Å². The van der Waals surface area contributed by atoms with Crippen molar-refractivity contribution in [2.24, 2.45) is 5.41 Å². The molecule has 4 nitrogen and oxygen atoms in total. The third-order valence-corrected chi connectivity index (χ3v) is 6.83. The van der Waals surface area contributed by atoms with Crippen LogP contribution in [-0.4, -0.2) is 42.5 Å².